The normalized spacial score (nSPS) is 36.0. The highest BCUT2D eigenvalue weighted by atomic mass is 16.6. The van der Waals surface area contributed by atoms with Gasteiger partial charge < -0.3 is 48.6 Å². The summed E-state index contributed by atoms with van der Waals surface area (Å²) in [5.41, 5.74) is 2.14. The lowest BCUT2D eigenvalue weighted by molar-refractivity contribution is -0.264. The van der Waals surface area contributed by atoms with Crippen LogP contribution in [0, 0.1) is 35.5 Å². The molecule has 2 saturated heterocycles. The van der Waals surface area contributed by atoms with E-state index < -0.39 is 77.8 Å². The second kappa shape index (κ2) is 27.3. The van der Waals surface area contributed by atoms with Gasteiger partial charge in [0.25, 0.3) is 11.7 Å². The van der Waals surface area contributed by atoms with Crippen LogP contribution in [-0.4, -0.2) is 133 Å². The number of piperidine rings is 1. The Morgan fingerprint density at radius 3 is 2.26 bits per heavy atom. The average molecular weight is 1020 g/mol. The van der Waals surface area contributed by atoms with Crippen molar-refractivity contribution in [3.05, 3.63) is 71.4 Å². The quantitative estimate of drug-likeness (QED) is 0.128. The number of aliphatic hydroxyl groups is 3. The highest BCUT2D eigenvalue weighted by molar-refractivity contribution is 6.39. The molecular formula is C58H85NO14. The van der Waals surface area contributed by atoms with Gasteiger partial charge >= 0.3 is 5.97 Å². The van der Waals surface area contributed by atoms with Gasteiger partial charge in [0.1, 0.15) is 41.6 Å². The molecule has 3 N–H and O–H groups in total. The Bertz CT molecular complexity index is 2180. The Kier molecular flexibility index (Phi) is 22.2. The number of esters is 1. The predicted molar refractivity (Wildman–Crippen MR) is 277 cm³/mol. The fraction of sp³-hybridized carbons (Fsp3) is 0.672. The van der Waals surface area contributed by atoms with Gasteiger partial charge in [0.2, 0.25) is 5.79 Å². The number of cyclic esters (lactones) is 1. The van der Waals surface area contributed by atoms with Gasteiger partial charge in [0.05, 0.1) is 32.5 Å². The van der Waals surface area contributed by atoms with Crippen LogP contribution < -0.4 is 9.47 Å². The van der Waals surface area contributed by atoms with Crippen molar-refractivity contribution in [1.82, 2.24) is 4.90 Å². The van der Waals surface area contributed by atoms with Gasteiger partial charge in [-0.25, -0.2) is 4.79 Å². The lowest BCUT2D eigenvalue weighted by Gasteiger charge is -2.43. The van der Waals surface area contributed by atoms with Crippen LogP contribution in [0.15, 0.2) is 65.8 Å². The molecule has 1 amide bonds. The molecule has 15 nitrogen and oxygen atoms in total. The van der Waals surface area contributed by atoms with Crippen molar-refractivity contribution in [2.45, 2.75) is 180 Å². The average Bonchev–Trinajstić information content (AvgIpc) is 3.38. The third kappa shape index (κ3) is 15.1. The van der Waals surface area contributed by atoms with Gasteiger partial charge in [0, 0.05) is 62.5 Å². The molecule has 3 fully saturated rings. The maximum Gasteiger partial charge on any atom is 0.329 e. The van der Waals surface area contributed by atoms with Crippen molar-refractivity contribution in [2.24, 2.45) is 35.5 Å². The zero-order valence-electron chi connectivity index (χ0n) is 45.3. The number of nitrogens with zero attached hydrogens (tertiary/aromatic N) is 1. The van der Waals surface area contributed by atoms with Crippen molar-refractivity contribution >= 4 is 29.2 Å². The molecule has 5 rings (SSSR count). The monoisotopic (exact) mass is 1020 g/mol. The van der Waals surface area contributed by atoms with Gasteiger partial charge in [-0.15, -0.1) is 0 Å². The summed E-state index contributed by atoms with van der Waals surface area (Å²) >= 11 is 0. The van der Waals surface area contributed by atoms with E-state index in [1.54, 1.807) is 54.2 Å². The first-order valence-corrected chi connectivity index (χ1v) is 26.5. The van der Waals surface area contributed by atoms with E-state index in [2.05, 4.69) is 0 Å². The first-order chi connectivity index (χ1) is 34.7. The third-order valence-corrected chi connectivity index (χ3v) is 16.1. The molecule has 3 heterocycles. The van der Waals surface area contributed by atoms with E-state index in [9.17, 15) is 39.3 Å². The number of ether oxygens (including phenoxy) is 6. The molecule has 73 heavy (non-hydrogen) atoms. The molecule has 3 aliphatic heterocycles. The number of aliphatic hydroxyl groups excluding tert-OH is 2. The van der Waals surface area contributed by atoms with Crippen LogP contribution in [0.5, 0.6) is 11.5 Å². The Morgan fingerprint density at radius 2 is 1.58 bits per heavy atom. The zero-order valence-corrected chi connectivity index (χ0v) is 45.3. The minimum absolute atomic E-state index is 0.0135. The summed E-state index contributed by atoms with van der Waals surface area (Å²) in [6.45, 7) is 12.8. The molecule has 0 aromatic heterocycles. The van der Waals surface area contributed by atoms with E-state index in [0.29, 0.717) is 81.3 Å². The Labute approximate surface area is 433 Å². The van der Waals surface area contributed by atoms with Gasteiger partial charge in [-0.3, -0.25) is 19.2 Å². The number of hydrogen-bond acceptors (Lipinski definition) is 14. The van der Waals surface area contributed by atoms with E-state index in [4.69, 9.17) is 28.4 Å². The van der Waals surface area contributed by atoms with Crippen molar-refractivity contribution in [3.63, 3.8) is 0 Å². The number of rotatable bonds is 8. The number of carbonyl (C=O) groups is 5. The number of allylic oxidation sites excluding steroid dienone is 7. The molecule has 0 radical (unpaired) electrons. The smallest absolute Gasteiger partial charge is 0.329 e. The largest absolute Gasteiger partial charge is 0.497 e. The molecular weight excluding hydrogens is 935 g/mol. The first-order valence-electron chi connectivity index (χ1n) is 26.5. The molecule has 406 valence electrons. The van der Waals surface area contributed by atoms with E-state index in [0.717, 1.165) is 11.1 Å². The van der Waals surface area contributed by atoms with Crippen LogP contribution in [-0.2, 0) is 42.9 Å². The Balaban J connectivity index is 1.53. The summed E-state index contributed by atoms with van der Waals surface area (Å²) in [5, 5.41) is 34.4. The van der Waals surface area contributed by atoms with Crippen molar-refractivity contribution in [3.8, 4) is 11.5 Å². The van der Waals surface area contributed by atoms with Crippen LogP contribution in [0.2, 0.25) is 0 Å². The molecule has 15 heteroatoms. The maximum atomic E-state index is 14.6. The molecule has 1 aromatic carbocycles. The van der Waals surface area contributed by atoms with Crippen LogP contribution in [0.1, 0.15) is 137 Å². The van der Waals surface area contributed by atoms with Crippen molar-refractivity contribution in [2.75, 3.05) is 35.0 Å². The molecule has 1 saturated carbocycles. The Morgan fingerprint density at radius 1 is 0.836 bits per heavy atom. The number of benzene rings is 1. The van der Waals surface area contributed by atoms with Gasteiger partial charge in [-0.05, 0) is 114 Å². The van der Waals surface area contributed by atoms with Crippen molar-refractivity contribution in [1.29, 1.82) is 0 Å². The van der Waals surface area contributed by atoms with E-state index in [-0.39, 0.29) is 60.7 Å². The molecule has 1 aliphatic carbocycles. The molecule has 4 aliphatic rings. The standard InChI is InChI=1S/C58H85NO14/c1-34-17-13-12-14-18-35(2)45(44-24-23-42(68-8)32-50(44)69-9)31-43-22-20-40(7)58(67,73-43)55(64)56(65)59-26-16-15-19-46(59)57(66)72-49(37(4)29-41-21-25-47(60)51(30-41)70-10)33-48(61)36(3)28-39(6)53(63)54(71-11)52(62)38(5)27-34/h12-14,17-18,23-24,28,32,34,36-38,40-41,43,45-47,49,51,53-54,60,63,67H,15-16,19-22,25-27,29-31,33H2,1-11H3/b14-12?,17-13+,35-18?,39-28+/t34-,36-,37-,38-,40-,41+,43+,45+,46+,47-,49+,51-,53+,54+,58-/m1/s1. The fourth-order valence-electron chi connectivity index (χ4n) is 11.3. The number of hydrogen-bond donors (Lipinski definition) is 3. The van der Waals surface area contributed by atoms with Crippen LogP contribution >= 0.6 is 0 Å². The highest BCUT2D eigenvalue weighted by Crippen LogP contribution is 2.43. The fourth-order valence-corrected chi connectivity index (χ4v) is 11.3. The predicted octanol–water partition coefficient (Wildman–Crippen LogP) is 7.97. The third-order valence-electron chi connectivity index (χ3n) is 16.1. The minimum atomic E-state index is -2.49. The minimum Gasteiger partial charge on any atom is -0.497 e. The summed E-state index contributed by atoms with van der Waals surface area (Å²) in [6, 6.07) is 4.39. The van der Waals surface area contributed by atoms with E-state index in [1.165, 1.54) is 12.0 Å². The number of methoxy groups -OCH3 is 4. The zero-order chi connectivity index (χ0) is 53.7. The summed E-state index contributed by atoms with van der Waals surface area (Å²) in [4.78, 5) is 72.9. The summed E-state index contributed by atoms with van der Waals surface area (Å²) in [7, 11) is 6.10. The number of amides is 1. The number of carbonyl (C=O) groups excluding carboxylic acids is 5. The summed E-state index contributed by atoms with van der Waals surface area (Å²) in [6.07, 6.45) is 11.4. The molecule has 0 spiro atoms. The van der Waals surface area contributed by atoms with Crippen LogP contribution in [0.4, 0.5) is 0 Å². The van der Waals surface area contributed by atoms with E-state index >= 15 is 0 Å². The summed E-state index contributed by atoms with van der Waals surface area (Å²) < 4.78 is 35.3. The highest BCUT2D eigenvalue weighted by Gasteiger charge is 2.53. The van der Waals surface area contributed by atoms with Gasteiger partial charge in [-0.1, -0.05) is 82.7 Å². The van der Waals surface area contributed by atoms with Crippen LogP contribution in [0.3, 0.4) is 0 Å². The van der Waals surface area contributed by atoms with Crippen molar-refractivity contribution < 1.29 is 67.7 Å². The summed E-state index contributed by atoms with van der Waals surface area (Å²) in [5.74, 6) is -7.37. The SMILES string of the molecule is COc1ccc([C@H]2C[C@@H]3CC[C@@H](C)[C@@](O)(O3)C(=O)C(=O)N3CCCC[C@H]3C(=O)O[C@H]([C@H](C)C[C@@H]3CC[C@@H](O)[C@H](OC)C3)CC(=O)[C@H](C)/C=C(\C)[C@H](O)[C@@H](OC)C(=O)[C@H](C)C[C@H](C)/C=C/C=CC=C2C)c(OC)c1. The molecule has 0 unspecified atom stereocenters. The maximum absolute atomic E-state index is 14.6. The van der Waals surface area contributed by atoms with Gasteiger partial charge in [-0.2, -0.15) is 0 Å². The topological polar surface area (TPSA) is 205 Å². The molecule has 15 atom stereocenters. The van der Waals surface area contributed by atoms with Gasteiger partial charge in [0.15, 0.2) is 5.78 Å². The number of Topliss-reactive ketones (excluding diaryl/α,β-unsaturated/α-hetero) is 3. The second-order valence-corrected chi connectivity index (χ2v) is 21.5. The Hall–Kier alpha value is -4.51. The number of ketones is 3. The molecule has 1 aromatic rings. The second-order valence-electron chi connectivity index (χ2n) is 21.5. The lowest BCUT2D eigenvalue weighted by Crippen LogP contribution is -2.60. The first kappa shape index (κ1) is 59.4. The number of fused-ring (bicyclic) bond motifs is 3. The van der Waals surface area contributed by atoms with E-state index in [1.807, 2.05) is 70.2 Å². The lowest BCUT2D eigenvalue weighted by atomic mass is 9.78. The molecule has 2 bridgehead atoms. The van der Waals surface area contributed by atoms with Crippen LogP contribution in [0.25, 0.3) is 0 Å².